The Morgan fingerprint density at radius 3 is 3.06 bits per heavy atom. The summed E-state index contributed by atoms with van der Waals surface area (Å²) in [5.41, 5.74) is 7.22. The van der Waals surface area contributed by atoms with Crippen molar-refractivity contribution in [1.82, 2.24) is 4.90 Å². The molecule has 0 amide bonds. The first-order valence-electron chi connectivity index (χ1n) is 7.03. The van der Waals surface area contributed by atoms with E-state index < -0.39 is 0 Å². The second-order valence-corrected chi connectivity index (χ2v) is 5.42. The molecule has 1 heterocycles. The highest BCUT2D eigenvalue weighted by atomic mass is 16.5. The third-order valence-corrected chi connectivity index (χ3v) is 4.37. The van der Waals surface area contributed by atoms with Crippen LogP contribution in [0.2, 0.25) is 0 Å². The molecule has 1 aromatic rings. The average molecular weight is 246 g/mol. The number of hydrogen-bond donors (Lipinski definition) is 1. The minimum atomic E-state index is 0.657. The van der Waals surface area contributed by atoms with Gasteiger partial charge in [-0.05, 0) is 31.4 Å². The van der Waals surface area contributed by atoms with Crippen molar-refractivity contribution in [2.75, 3.05) is 19.7 Å². The predicted octanol–water partition coefficient (Wildman–Crippen LogP) is 2.01. The molecule has 3 heteroatoms. The third kappa shape index (κ3) is 2.25. The first kappa shape index (κ1) is 12.0. The molecule has 1 aromatic carbocycles. The summed E-state index contributed by atoms with van der Waals surface area (Å²) in [6.45, 7) is 3.65. The molecule has 3 nitrogen and oxygen atoms in total. The Hall–Kier alpha value is -1.06. The van der Waals surface area contributed by atoms with Gasteiger partial charge in [0.15, 0.2) is 0 Å². The number of nitrogens with two attached hydrogens (primary N) is 1. The van der Waals surface area contributed by atoms with Crippen LogP contribution in [0.25, 0.3) is 0 Å². The van der Waals surface area contributed by atoms with E-state index in [1.54, 1.807) is 0 Å². The minimum absolute atomic E-state index is 0.657. The molecule has 2 aliphatic rings. The van der Waals surface area contributed by atoms with Crippen LogP contribution in [0, 0.1) is 5.92 Å². The van der Waals surface area contributed by atoms with Gasteiger partial charge in [0.05, 0.1) is 0 Å². The Morgan fingerprint density at radius 2 is 2.17 bits per heavy atom. The standard InChI is InChI=1S/C15H22N2O/c16-10-12-5-3-6-14(12)17-8-9-18-15-7-2-1-4-13(15)11-17/h1-2,4,7,12,14H,3,5-6,8-11,16H2. The van der Waals surface area contributed by atoms with E-state index in [-0.39, 0.29) is 0 Å². The fourth-order valence-electron chi connectivity index (χ4n) is 3.40. The highest BCUT2D eigenvalue weighted by Crippen LogP contribution is 2.32. The lowest BCUT2D eigenvalue weighted by Gasteiger charge is -2.31. The van der Waals surface area contributed by atoms with Crippen LogP contribution in [0.4, 0.5) is 0 Å². The van der Waals surface area contributed by atoms with E-state index in [1.807, 2.05) is 6.07 Å². The molecule has 0 aromatic heterocycles. The van der Waals surface area contributed by atoms with E-state index in [1.165, 1.54) is 24.8 Å². The van der Waals surface area contributed by atoms with Gasteiger partial charge in [0, 0.05) is 24.7 Å². The molecule has 1 aliphatic carbocycles. The van der Waals surface area contributed by atoms with Crippen LogP contribution in [0.15, 0.2) is 24.3 Å². The van der Waals surface area contributed by atoms with E-state index >= 15 is 0 Å². The van der Waals surface area contributed by atoms with Gasteiger partial charge in [-0.15, -0.1) is 0 Å². The summed E-state index contributed by atoms with van der Waals surface area (Å²) in [5.74, 6) is 1.73. The van der Waals surface area contributed by atoms with Crippen LogP contribution in [-0.2, 0) is 6.54 Å². The summed E-state index contributed by atoms with van der Waals surface area (Å²) in [6.07, 6.45) is 3.91. The molecule has 2 N–H and O–H groups in total. The zero-order valence-electron chi connectivity index (χ0n) is 10.8. The summed E-state index contributed by atoms with van der Waals surface area (Å²) < 4.78 is 5.83. The average Bonchev–Trinajstić information content (AvgIpc) is 2.77. The monoisotopic (exact) mass is 246 g/mol. The number of ether oxygens (including phenoxy) is 1. The van der Waals surface area contributed by atoms with Gasteiger partial charge in [0.2, 0.25) is 0 Å². The highest BCUT2D eigenvalue weighted by molar-refractivity contribution is 5.33. The smallest absolute Gasteiger partial charge is 0.123 e. The Labute approximate surface area is 109 Å². The van der Waals surface area contributed by atoms with Crippen LogP contribution in [0.5, 0.6) is 5.75 Å². The van der Waals surface area contributed by atoms with E-state index in [4.69, 9.17) is 10.5 Å². The molecule has 1 aliphatic heterocycles. The van der Waals surface area contributed by atoms with Crippen LogP contribution in [0.1, 0.15) is 24.8 Å². The van der Waals surface area contributed by atoms with Crippen LogP contribution in [0.3, 0.4) is 0 Å². The van der Waals surface area contributed by atoms with E-state index in [2.05, 4.69) is 23.1 Å². The second-order valence-electron chi connectivity index (χ2n) is 5.42. The van der Waals surface area contributed by atoms with Crippen molar-refractivity contribution in [3.8, 4) is 5.75 Å². The topological polar surface area (TPSA) is 38.5 Å². The third-order valence-electron chi connectivity index (χ3n) is 4.37. The summed E-state index contributed by atoms with van der Waals surface area (Å²) in [6, 6.07) is 9.06. The number of hydrogen-bond acceptors (Lipinski definition) is 3. The molecule has 0 bridgehead atoms. The van der Waals surface area contributed by atoms with Crippen LogP contribution < -0.4 is 10.5 Å². The molecule has 0 saturated heterocycles. The first-order chi connectivity index (χ1) is 8.88. The van der Waals surface area contributed by atoms with Crippen molar-refractivity contribution in [3.63, 3.8) is 0 Å². The Morgan fingerprint density at radius 1 is 1.28 bits per heavy atom. The van der Waals surface area contributed by atoms with E-state index in [9.17, 15) is 0 Å². The molecular formula is C15H22N2O. The maximum absolute atomic E-state index is 5.91. The van der Waals surface area contributed by atoms with Crippen LogP contribution >= 0.6 is 0 Å². The maximum atomic E-state index is 5.91. The fraction of sp³-hybridized carbons (Fsp3) is 0.600. The van der Waals surface area contributed by atoms with Gasteiger partial charge in [-0.1, -0.05) is 24.6 Å². The normalized spacial score (nSPS) is 28.5. The molecule has 2 unspecified atom stereocenters. The Balaban J connectivity index is 1.78. The van der Waals surface area contributed by atoms with Crippen molar-refractivity contribution in [2.24, 2.45) is 11.7 Å². The maximum Gasteiger partial charge on any atom is 0.123 e. The lowest BCUT2D eigenvalue weighted by atomic mass is 10.0. The highest BCUT2D eigenvalue weighted by Gasteiger charge is 2.32. The van der Waals surface area contributed by atoms with Gasteiger partial charge < -0.3 is 10.5 Å². The first-order valence-corrected chi connectivity index (χ1v) is 7.03. The molecule has 0 radical (unpaired) electrons. The van der Waals surface area contributed by atoms with Gasteiger partial charge in [-0.25, -0.2) is 0 Å². The SMILES string of the molecule is NCC1CCCC1N1CCOc2ccccc2C1. The summed E-state index contributed by atoms with van der Waals surface area (Å²) in [4.78, 5) is 2.58. The summed E-state index contributed by atoms with van der Waals surface area (Å²) in [7, 11) is 0. The molecular weight excluding hydrogens is 224 g/mol. The minimum Gasteiger partial charge on any atom is -0.492 e. The number of rotatable bonds is 2. The fourth-order valence-corrected chi connectivity index (χ4v) is 3.40. The zero-order chi connectivity index (χ0) is 12.4. The molecule has 0 spiro atoms. The van der Waals surface area contributed by atoms with Crippen molar-refractivity contribution in [3.05, 3.63) is 29.8 Å². The number of nitrogens with zero attached hydrogens (tertiary/aromatic N) is 1. The second kappa shape index (κ2) is 5.29. The molecule has 2 atom stereocenters. The molecule has 18 heavy (non-hydrogen) atoms. The Bertz CT molecular complexity index is 407. The van der Waals surface area contributed by atoms with Crippen LogP contribution in [-0.4, -0.2) is 30.6 Å². The van der Waals surface area contributed by atoms with Gasteiger partial charge in [0.25, 0.3) is 0 Å². The summed E-state index contributed by atoms with van der Waals surface area (Å²) >= 11 is 0. The number of benzene rings is 1. The zero-order valence-corrected chi connectivity index (χ0v) is 10.8. The van der Waals surface area contributed by atoms with E-state index in [0.29, 0.717) is 12.0 Å². The molecule has 98 valence electrons. The quantitative estimate of drug-likeness (QED) is 0.867. The Kier molecular flexibility index (Phi) is 3.52. The largest absolute Gasteiger partial charge is 0.492 e. The predicted molar refractivity (Wildman–Crippen MR) is 72.5 cm³/mol. The summed E-state index contributed by atoms with van der Waals surface area (Å²) in [5, 5.41) is 0. The van der Waals surface area contributed by atoms with Gasteiger partial charge in [-0.3, -0.25) is 4.90 Å². The molecule has 3 rings (SSSR count). The van der Waals surface area contributed by atoms with Crippen molar-refractivity contribution < 1.29 is 4.74 Å². The number of fused-ring (bicyclic) bond motifs is 1. The van der Waals surface area contributed by atoms with Gasteiger partial charge in [-0.2, -0.15) is 0 Å². The lowest BCUT2D eigenvalue weighted by Crippen LogP contribution is -2.41. The van der Waals surface area contributed by atoms with Crippen molar-refractivity contribution >= 4 is 0 Å². The van der Waals surface area contributed by atoms with Crippen molar-refractivity contribution in [1.29, 1.82) is 0 Å². The van der Waals surface area contributed by atoms with Crippen molar-refractivity contribution in [2.45, 2.75) is 31.8 Å². The lowest BCUT2D eigenvalue weighted by molar-refractivity contribution is 0.141. The molecule has 1 saturated carbocycles. The number of para-hydroxylation sites is 1. The van der Waals surface area contributed by atoms with E-state index in [0.717, 1.165) is 32.0 Å². The van der Waals surface area contributed by atoms with Gasteiger partial charge in [0.1, 0.15) is 12.4 Å². The molecule has 1 fully saturated rings. The van der Waals surface area contributed by atoms with Gasteiger partial charge >= 0.3 is 0 Å².